The summed E-state index contributed by atoms with van der Waals surface area (Å²) in [4.78, 5) is 11.7. The van der Waals surface area contributed by atoms with Crippen molar-refractivity contribution in [1.82, 2.24) is 15.3 Å². The van der Waals surface area contributed by atoms with Gasteiger partial charge in [-0.05, 0) is 32.6 Å². The Morgan fingerprint density at radius 2 is 1.90 bits per heavy atom. The fourth-order valence-corrected chi connectivity index (χ4v) is 3.12. The molecule has 1 aromatic heterocycles. The van der Waals surface area contributed by atoms with Crippen LogP contribution in [-0.4, -0.2) is 28.6 Å². The number of anilines is 1. The van der Waals surface area contributed by atoms with Crippen LogP contribution in [0, 0.1) is 0 Å². The Morgan fingerprint density at radius 1 is 1.10 bits per heavy atom. The van der Waals surface area contributed by atoms with E-state index in [2.05, 4.69) is 27.1 Å². The van der Waals surface area contributed by atoms with E-state index in [1.807, 2.05) is 12.4 Å². The normalized spacial score (nSPS) is 20.1. The van der Waals surface area contributed by atoms with Crippen LogP contribution in [0.4, 0.5) is 5.82 Å². The van der Waals surface area contributed by atoms with Crippen LogP contribution in [0.3, 0.4) is 0 Å². The van der Waals surface area contributed by atoms with Gasteiger partial charge in [0.1, 0.15) is 5.82 Å². The van der Waals surface area contributed by atoms with Crippen molar-refractivity contribution in [1.29, 1.82) is 0 Å². The number of nitrogens with zero attached hydrogens (tertiary/aromatic N) is 3. The highest BCUT2D eigenvalue weighted by molar-refractivity contribution is 5.37. The Kier molecular flexibility index (Phi) is 4.51. The maximum Gasteiger partial charge on any atom is 0.147 e. The molecule has 0 bridgehead atoms. The molecule has 0 atom stereocenters. The topological polar surface area (TPSA) is 41.1 Å². The van der Waals surface area contributed by atoms with Gasteiger partial charge in [0, 0.05) is 25.2 Å². The molecule has 3 rings (SSSR count). The van der Waals surface area contributed by atoms with E-state index in [0.717, 1.165) is 30.6 Å². The zero-order chi connectivity index (χ0) is 13.8. The lowest BCUT2D eigenvalue weighted by molar-refractivity contribution is 0.416. The maximum absolute atomic E-state index is 4.65. The van der Waals surface area contributed by atoms with Crippen LogP contribution >= 0.6 is 0 Å². The van der Waals surface area contributed by atoms with Crippen molar-refractivity contribution in [2.24, 2.45) is 0 Å². The third-order valence-corrected chi connectivity index (χ3v) is 4.49. The van der Waals surface area contributed by atoms with E-state index in [4.69, 9.17) is 0 Å². The summed E-state index contributed by atoms with van der Waals surface area (Å²) in [7, 11) is 0. The zero-order valence-corrected chi connectivity index (χ0v) is 12.5. The molecule has 20 heavy (non-hydrogen) atoms. The smallest absolute Gasteiger partial charge is 0.147 e. The predicted molar refractivity (Wildman–Crippen MR) is 81.8 cm³/mol. The number of hydrogen-bond donors (Lipinski definition) is 1. The van der Waals surface area contributed by atoms with E-state index in [-0.39, 0.29) is 0 Å². The van der Waals surface area contributed by atoms with Crippen molar-refractivity contribution in [3.63, 3.8) is 0 Å². The van der Waals surface area contributed by atoms with Crippen LogP contribution in [0.15, 0.2) is 12.4 Å². The molecule has 2 aliphatic carbocycles. The van der Waals surface area contributed by atoms with Gasteiger partial charge in [0.25, 0.3) is 0 Å². The second kappa shape index (κ2) is 6.53. The largest absolute Gasteiger partial charge is 0.353 e. The Morgan fingerprint density at radius 3 is 2.50 bits per heavy atom. The molecule has 0 saturated heterocycles. The van der Waals surface area contributed by atoms with Crippen LogP contribution in [0.1, 0.15) is 57.6 Å². The highest BCUT2D eigenvalue weighted by Gasteiger charge is 2.22. The molecular formula is C16H26N4. The molecule has 0 amide bonds. The Bertz CT molecular complexity index is 407. The number of nitrogens with one attached hydrogen (secondary N) is 1. The quantitative estimate of drug-likeness (QED) is 0.866. The van der Waals surface area contributed by atoms with Gasteiger partial charge in [-0.2, -0.15) is 0 Å². The van der Waals surface area contributed by atoms with Crippen LogP contribution < -0.4 is 10.2 Å². The standard InChI is InChI=1S/C16H26N4/c1-2-20(15-6-4-3-5-7-15)16-12-18-14(11-19-16)10-17-13-8-9-13/h11-13,15,17H,2-10H2,1H3. The van der Waals surface area contributed by atoms with Gasteiger partial charge in [0.2, 0.25) is 0 Å². The fourth-order valence-electron chi connectivity index (χ4n) is 3.12. The molecule has 110 valence electrons. The summed E-state index contributed by atoms with van der Waals surface area (Å²) in [6.07, 6.45) is 13.3. The molecule has 0 spiro atoms. The second-order valence-electron chi connectivity index (χ2n) is 6.10. The van der Waals surface area contributed by atoms with Crippen LogP contribution in [-0.2, 0) is 6.54 Å². The van der Waals surface area contributed by atoms with Gasteiger partial charge >= 0.3 is 0 Å². The van der Waals surface area contributed by atoms with E-state index in [1.165, 1.54) is 44.9 Å². The van der Waals surface area contributed by atoms with Gasteiger partial charge in [0.05, 0.1) is 18.1 Å². The van der Waals surface area contributed by atoms with Gasteiger partial charge < -0.3 is 10.2 Å². The molecule has 4 heteroatoms. The van der Waals surface area contributed by atoms with Crippen LogP contribution in [0.25, 0.3) is 0 Å². The first kappa shape index (κ1) is 13.8. The average molecular weight is 274 g/mol. The lowest BCUT2D eigenvalue weighted by atomic mass is 9.94. The minimum Gasteiger partial charge on any atom is -0.353 e. The highest BCUT2D eigenvalue weighted by atomic mass is 15.2. The molecular weight excluding hydrogens is 248 g/mol. The lowest BCUT2D eigenvalue weighted by Gasteiger charge is -2.34. The van der Waals surface area contributed by atoms with Crippen molar-refractivity contribution < 1.29 is 0 Å². The minimum atomic E-state index is 0.665. The van der Waals surface area contributed by atoms with E-state index in [0.29, 0.717) is 6.04 Å². The third kappa shape index (κ3) is 3.48. The van der Waals surface area contributed by atoms with E-state index in [1.54, 1.807) is 0 Å². The predicted octanol–water partition coefficient (Wildman–Crippen LogP) is 2.89. The summed E-state index contributed by atoms with van der Waals surface area (Å²) >= 11 is 0. The summed E-state index contributed by atoms with van der Waals surface area (Å²) in [5, 5.41) is 3.48. The van der Waals surface area contributed by atoms with Gasteiger partial charge in [-0.15, -0.1) is 0 Å². The fraction of sp³-hybridized carbons (Fsp3) is 0.750. The molecule has 2 saturated carbocycles. The van der Waals surface area contributed by atoms with Crippen molar-refractivity contribution >= 4 is 5.82 Å². The Hall–Kier alpha value is -1.16. The summed E-state index contributed by atoms with van der Waals surface area (Å²) in [5.74, 6) is 1.05. The number of hydrogen-bond acceptors (Lipinski definition) is 4. The van der Waals surface area contributed by atoms with Gasteiger partial charge in [-0.3, -0.25) is 4.98 Å². The molecule has 1 N–H and O–H groups in total. The first-order valence-electron chi connectivity index (χ1n) is 8.17. The first-order valence-corrected chi connectivity index (χ1v) is 8.17. The second-order valence-corrected chi connectivity index (χ2v) is 6.10. The number of rotatable bonds is 6. The molecule has 1 heterocycles. The lowest BCUT2D eigenvalue weighted by Crippen LogP contribution is -2.37. The Labute approximate surface area is 122 Å². The molecule has 0 radical (unpaired) electrons. The average Bonchev–Trinajstić information content (AvgIpc) is 3.33. The van der Waals surface area contributed by atoms with Crippen molar-refractivity contribution in [2.75, 3.05) is 11.4 Å². The molecule has 2 aliphatic rings. The van der Waals surface area contributed by atoms with Crippen LogP contribution in [0.2, 0.25) is 0 Å². The summed E-state index contributed by atoms with van der Waals surface area (Å²) in [5.41, 5.74) is 1.06. The molecule has 4 nitrogen and oxygen atoms in total. The van der Waals surface area contributed by atoms with E-state index >= 15 is 0 Å². The van der Waals surface area contributed by atoms with Gasteiger partial charge in [-0.25, -0.2) is 4.98 Å². The van der Waals surface area contributed by atoms with E-state index in [9.17, 15) is 0 Å². The SMILES string of the molecule is CCN(c1cnc(CNC2CC2)cn1)C1CCCCC1. The van der Waals surface area contributed by atoms with Crippen molar-refractivity contribution in [3.05, 3.63) is 18.1 Å². The van der Waals surface area contributed by atoms with Gasteiger partial charge in [0.15, 0.2) is 0 Å². The monoisotopic (exact) mass is 274 g/mol. The summed E-state index contributed by atoms with van der Waals surface area (Å²) < 4.78 is 0. The minimum absolute atomic E-state index is 0.665. The number of aromatic nitrogens is 2. The first-order chi connectivity index (χ1) is 9.86. The Balaban J connectivity index is 1.61. The zero-order valence-electron chi connectivity index (χ0n) is 12.5. The molecule has 0 unspecified atom stereocenters. The summed E-state index contributed by atoms with van der Waals surface area (Å²) in [6, 6.07) is 1.39. The van der Waals surface area contributed by atoms with Crippen molar-refractivity contribution in [2.45, 2.75) is 70.5 Å². The van der Waals surface area contributed by atoms with Gasteiger partial charge in [-0.1, -0.05) is 19.3 Å². The van der Waals surface area contributed by atoms with Crippen LogP contribution in [0.5, 0.6) is 0 Å². The highest BCUT2D eigenvalue weighted by Crippen LogP contribution is 2.25. The molecule has 0 aliphatic heterocycles. The third-order valence-electron chi connectivity index (χ3n) is 4.49. The molecule has 0 aromatic carbocycles. The summed E-state index contributed by atoms with van der Waals surface area (Å²) in [6.45, 7) is 4.10. The van der Waals surface area contributed by atoms with Crippen molar-refractivity contribution in [3.8, 4) is 0 Å². The molecule has 2 fully saturated rings. The molecule has 1 aromatic rings. The maximum atomic E-state index is 4.65. The van der Waals surface area contributed by atoms with E-state index < -0.39 is 0 Å².